The molecule has 0 aromatic carbocycles. The highest BCUT2D eigenvalue weighted by Gasteiger charge is 2.02. The molecule has 2 rings (SSSR count). The SMILES string of the molecule is CCOCCCn1ccnc1NCc1ccccn1. The van der Waals surface area contributed by atoms with Gasteiger partial charge in [-0.25, -0.2) is 4.98 Å². The Morgan fingerprint density at radius 1 is 1.26 bits per heavy atom. The van der Waals surface area contributed by atoms with Gasteiger partial charge in [0.2, 0.25) is 5.95 Å². The van der Waals surface area contributed by atoms with Crippen molar-refractivity contribution in [2.75, 3.05) is 18.5 Å². The van der Waals surface area contributed by atoms with E-state index in [4.69, 9.17) is 4.74 Å². The van der Waals surface area contributed by atoms with Crippen LogP contribution in [0.3, 0.4) is 0 Å². The zero-order chi connectivity index (χ0) is 13.3. The molecular weight excluding hydrogens is 240 g/mol. The summed E-state index contributed by atoms with van der Waals surface area (Å²) in [4.78, 5) is 8.59. The monoisotopic (exact) mass is 260 g/mol. The molecule has 0 saturated carbocycles. The summed E-state index contributed by atoms with van der Waals surface area (Å²) in [5.74, 6) is 0.877. The molecule has 0 radical (unpaired) electrons. The molecule has 2 aromatic heterocycles. The molecule has 102 valence electrons. The summed E-state index contributed by atoms with van der Waals surface area (Å²) in [7, 11) is 0. The van der Waals surface area contributed by atoms with Gasteiger partial charge in [0.15, 0.2) is 0 Å². The summed E-state index contributed by atoms with van der Waals surface area (Å²) >= 11 is 0. The Hall–Kier alpha value is -1.88. The van der Waals surface area contributed by atoms with E-state index in [1.54, 1.807) is 12.4 Å². The molecule has 5 nitrogen and oxygen atoms in total. The largest absolute Gasteiger partial charge is 0.382 e. The van der Waals surface area contributed by atoms with Crippen LogP contribution < -0.4 is 5.32 Å². The first-order valence-corrected chi connectivity index (χ1v) is 6.63. The van der Waals surface area contributed by atoms with Gasteiger partial charge in [-0.15, -0.1) is 0 Å². The van der Waals surface area contributed by atoms with E-state index in [1.807, 2.05) is 31.3 Å². The number of nitrogens with one attached hydrogen (secondary N) is 1. The maximum Gasteiger partial charge on any atom is 0.203 e. The molecule has 0 aliphatic carbocycles. The zero-order valence-corrected chi connectivity index (χ0v) is 11.2. The summed E-state index contributed by atoms with van der Waals surface area (Å²) in [5, 5.41) is 3.30. The van der Waals surface area contributed by atoms with Crippen LogP contribution in [-0.2, 0) is 17.8 Å². The summed E-state index contributed by atoms with van der Waals surface area (Å²) in [6.07, 6.45) is 6.57. The van der Waals surface area contributed by atoms with Gasteiger partial charge in [0.05, 0.1) is 12.2 Å². The number of aromatic nitrogens is 3. The smallest absolute Gasteiger partial charge is 0.203 e. The van der Waals surface area contributed by atoms with Crippen LogP contribution in [0.1, 0.15) is 19.0 Å². The van der Waals surface area contributed by atoms with Gasteiger partial charge >= 0.3 is 0 Å². The van der Waals surface area contributed by atoms with Gasteiger partial charge in [0.1, 0.15) is 0 Å². The minimum absolute atomic E-state index is 0.684. The van der Waals surface area contributed by atoms with Crippen molar-refractivity contribution in [3.05, 3.63) is 42.5 Å². The van der Waals surface area contributed by atoms with E-state index in [1.165, 1.54) is 0 Å². The molecule has 1 N–H and O–H groups in total. The van der Waals surface area contributed by atoms with Crippen LogP contribution >= 0.6 is 0 Å². The lowest BCUT2D eigenvalue weighted by molar-refractivity contribution is 0.142. The van der Waals surface area contributed by atoms with E-state index < -0.39 is 0 Å². The third kappa shape index (κ3) is 4.37. The van der Waals surface area contributed by atoms with Gasteiger partial charge in [0.25, 0.3) is 0 Å². The van der Waals surface area contributed by atoms with Gasteiger partial charge in [-0.3, -0.25) is 4.98 Å². The van der Waals surface area contributed by atoms with Crippen molar-refractivity contribution in [3.8, 4) is 0 Å². The quantitative estimate of drug-likeness (QED) is 0.740. The average molecular weight is 260 g/mol. The van der Waals surface area contributed by atoms with E-state index in [0.717, 1.165) is 37.8 Å². The number of hydrogen-bond donors (Lipinski definition) is 1. The van der Waals surface area contributed by atoms with Crippen molar-refractivity contribution >= 4 is 5.95 Å². The van der Waals surface area contributed by atoms with Crippen LogP contribution in [0, 0.1) is 0 Å². The highest BCUT2D eigenvalue weighted by Crippen LogP contribution is 2.07. The first kappa shape index (κ1) is 13.5. The molecule has 0 fully saturated rings. The molecular formula is C14H20N4O. The standard InChI is InChI=1S/C14H20N4O/c1-2-19-11-5-9-18-10-8-16-14(18)17-12-13-6-3-4-7-15-13/h3-4,6-8,10H,2,5,9,11-12H2,1H3,(H,16,17). The molecule has 5 heteroatoms. The molecule has 0 aliphatic rings. The van der Waals surface area contributed by atoms with E-state index in [9.17, 15) is 0 Å². The van der Waals surface area contributed by atoms with Crippen molar-refractivity contribution in [1.29, 1.82) is 0 Å². The number of aryl methyl sites for hydroxylation is 1. The van der Waals surface area contributed by atoms with Gasteiger partial charge in [-0.05, 0) is 25.5 Å². The van der Waals surface area contributed by atoms with Crippen LogP contribution in [0.15, 0.2) is 36.8 Å². The second kappa shape index (κ2) is 7.53. The molecule has 2 heterocycles. The summed E-state index contributed by atoms with van der Waals surface area (Å²) in [6.45, 7) is 5.16. The number of ether oxygens (including phenoxy) is 1. The number of nitrogens with zero attached hydrogens (tertiary/aromatic N) is 3. The van der Waals surface area contributed by atoms with Gasteiger partial charge in [-0.1, -0.05) is 6.07 Å². The van der Waals surface area contributed by atoms with Crippen LogP contribution in [0.25, 0.3) is 0 Å². The van der Waals surface area contributed by atoms with Crippen LogP contribution in [0.4, 0.5) is 5.95 Å². The second-order valence-corrected chi connectivity index (χ2v) is 4.17. The Labute approximate surface area is 113 Å². The fourth-order valence-electron chi connectivity index (χ4n) is 1.81. The summed E-state index contributed by atoms with van der Waals surface area (Å²) in [6, 6.07) is 5.89. The fourth-order valence-corrected chi connectivity index (χ4v) is 1.81. The van der Waals surface area contributed by atoms with E-state index in [-0.39, 0.29) is 0 Å². The Morgan fingerprint density at radius 2 is 2.21 bits per heavy atom. The number of pyridine rings is 1. The molecule has 0 unspecified atom stereocenters. The Kier molecular flexibility index (Phi) is 5.37. The average Bonchev–Trinajstić information content (AvgIpc) is 2.90. The number of imidazole rings is 1. The maximum absolute atomic E-state index is 5.34. The summed E-state index contributed by atoms with van der Waals surface area (Å²) < 4.78 is 7.44. The topological polar surface area (TPSA) is 52.0 Å². The lowest BCUT2D eigenvalue weighted by Gasteiger charge is -2.09. The van der Waals surface area contributed by atoms with E-state index >= 15 is 0 Å². The minimum Gasteiger partial charge on any atom is -0.382 e. The molecule has 19 heavy (non-hydrogen) atoms. The first-order chi connectivity index (χ1) is 9.40. The Morgan fingerprint density at radius 3 is 3.00 bits per heavy atom. The lowest BCUT2D eigenvalue weighted by Crippen LogP contribution is -2.09. The molecule has 0 saturated heterocycles. The highest BCUT2D eigenvalue weighted by molar-refractivity contribution is 5.27. The second-order valence-electron chi connectivity index (χ2n) is 4.17. The van der Waals surface area contributed by atoms with E-state index in [0.29, 0.717) is 6.54 Å². The van der Waals surface area contributed by atoms with Crippen molar-refractivity contribution in [3.63, 3.8) is 0 Å². The molecule has 0 atom stereocenters. The fraction of sp³-hybridized carbons (Fsp3) is 0.429. The molecule has 0 spiro atoms. The Bertz CT molecular complexity index is 469. The van der Waals surface area contributed by atoms with Crippen molar-refractivity contribution in [1.82, 2.24) is 14.5 Å². The third-order valence-electron chi connectivity index (χ3n) is 2.76. The predicted octanol–water partition coefficient (Wildman–Crippen LogP) is 2.32. The van der Waals surface area contributed by atoms with Crippen LogP contribution in [-0.4, -0.2) is 27.7 Å². The molecule has 0 amide bonds. The Balaban J connectivity index is 1.82. The number of anilines is 1. The summed E-state index contributed by atoms with van der Waals surface area (Å²) in [5.41, 5.74) is 1.01. The van der Waals surface area contributed by atoms with Crippen LogP contribution in [0.5, 0.6) is 0 Å². The number of rotatable bonds is 8. The van der Waals surface area contributed by atoms with E-state index in [2.05, 4.69) is 19.9 Å². The normalized spacial score (nSPS) is 10.6. The predicted molar refractivity (Wildman–Crippen MR) is 74.9 cm³/mol. The first-order valence-electron chi connectivity index (χ1n) is 6.63. The third-order valence-corrected chi connectivity index (χ3v) is 2.76. The van der Waals surface area contributed by atoms with Crippen molar-refractivity contribution in [2.24, 2.45) is 0 Å². The number of hydrogen-bond acceptors (Lipinski definition) is 4. The van der Waals surface area contributed by atoms with Crippen molar-refractivity contribution in [2.45, 2.75) is 26.4 Å². The van der Waals surface area contributed by atoms with Gasteiger partial charge in [-0.2, -0.15) is 0 Å². The maximum atomic E-state index is 5.34. The minimum atomic E-state index is 0.684. The van der Waals surface area contributed by atoms with Gasteiger partial charge < -0.3 is 14.6 Å². The molecule has 0 aliphatic heterocycles. The molecule has 2 aromatic rings. The lowest BCUT2D eigenvalue weighted by atomic mass is 10.3. The highest BCUT2D eigenvalue weighted by atomic mass is 16.5. The molecule has 0 bridgehead atoms. The van der Waals surface area contributed by atoms with Gasteiger partial charge in [0, 0.05) is 38.3 Å². The van der Waals surface area contributed by atoms with Crippen LogP contribution in [0.2, 0.25) is 0 Å². The van der Waals surface area contributed by atoms with Crippen molar-refractivity contribution < 1.29 is 4.74 Å². The zero-order valence-electron chi connectivity index (χ0n) is 11.2.